The summed E-state index contributed by atoms with van der Waals surface area (Å²) < 4.78 is 5.80. The molecule has 3 rings (SSSR count). The van der Waals surface area contributed by atoms with Gasteiger partial charge in [0.15, 0.2) is 0 Å². The molecule has 0 aromatic carbocycles. The molecule has 2 aromatic rings. The number of pyridine rings is 1. The molecule has 104 valence electrons. The number of anilines is 1. The lowest BCUT2D eigenvalue weighted by molar-refractivity contribution is 0.222. The normalized spacial score (nSPS) is 16.1. The van der Waals surface area contributed by atoms with Crippen LogP contribution in [-0.2, 0) is 0 Å². The van der Waals surface area contributed by atoms with E-state index in [0.717, 1.165) is 44.1 Å². The predicted molar refractivity (Wildman–Crippen MR) is 76.7 cm³/mol. The lowest BCUT2D eigenvalue weighted by atomic mass is 9.98. The second kappa shape index (κ2) is 6.32. The Morgan fingerprint density at radius 3 is 2.55 bits per heavy atom. The molecule has 5 nitrogen and oxygen atoms in total. The van der Waals surface area contributed by atoms with Gasteiger partial charge in [-0.25, -0.2) is 4.98 Å². The van der Waals surface area contributed by atoms with Crippen molar-refractivity contribution in [3.63, 3.8) is 0 Å². The first kappa shape index (κ1) is 12.8. The first-order valence-electron chi connectivity index (χ1n) is 6.95. The van der Waals surface area contributed by atoms with Crippen molar-refractivity contribution in [1.82, 2.24) is 15.0 Å². The molecule has 0 N–H and O–H groups in total. The molecule has 3 heterocycles. The van der Waals surface area contributed by atoms with Crippen molar-refractivity contribution in [2.45, 2.75) is 12.8 Å². The summed E-state index contributed by atoms with van der Waals surface area (Å²) in [5.41, 5.74) is 0. The fourth-order valence-corrected chi connectivity index (χ4v) is 2.43. The molecular formula is C15H18N4O. The number of aromatic nitrogens is 3. The molecule has 1 saturated heterocycles. The number of rotatable bonds is 4. The molecular weight excluding hydrogens is 252 g/mol. The average molecular weight is 270 g/mol. The maximum Gasteiger partial charge on any atom is 0.147 e. The van der Waals surface area contributed by atoms with Crippen molar-refractivity contribution < 1.29 is 4.74 Å². The Balaban J connectivity index is 1.47. The molecule has 0 saturated carbocycles. The molecule has 0 aliphatic carbocycles. The number of hydrogen-bond acceptors (Lipinski definition) is 5. The van der Waals surface area contributed by atoms with Crippen molar-refractivity contribution >= 4 is 5.82 Å². The van der Waals surface area contributed by atoms with Crippen LogP contribution in [0.2, 0.25) is 0 Å². The molecule has 0 radical (unpaired) electrons. The molecule has 0 spiro atoms. The molecule has 1 aliphatic heterocycles. The Hall–Kier alpha value is -2.17. The SMILES string of the molecule is c1cc(OCC2CCN(c3cnccn3)CC2)ccn1. The lowest BCUT2D eigenvalue weighted by Crippen LogP contribution is -2.36. The van der Waals surface area contributed by atoms with Gasteiger partial charge in [-0.1, -0.05) is 0 Å². The zero-order valence-corrected chi connectivity index (χ0v) is 11.4. The summed E-state index contributed by atoms with van der Waals surface area (Å²) in [4.78, 5) is 14.7. The van der Waals surface area contributed by atoms with Crippen molar-refractivity contribution in [3.8, 4) is 5.75 Å². The van der Waals surface area contributed by atoms with Gasteiger partial charge in [-0.05, 0) is 30.9 Å². The van der Waals surface area contributed by atoms with E-state index in [1.54, 1.807) is 24.8 Å². The van der Waals surface area contributed by atoms with E-state index in [9.17, 15) is 0 Å². The maximum absolute atomic E-state index is 5.80. The molecule has 5 heteroatoms. The summed E-state index contributed by atoms with van der Waals surface area (Å²) in [6, 6.07) is 3.80. The minimum atomic E-state index is 0.607. The average Bonchev–Trinajstić information content (AvgIpc) is 2.55. The van der Waals surface area contributed by atoms with Crippen LogP contribution in [0.3, 0.4) is 0 Å². The number of ether oxygens (including phenoxy) is 1. The molecule has 2 aromatic heterocycles. The van der Waals surface area contributed by atoms with Crippen molar-refractivity contribution in [2.75, 3.05) is 24.6 Å². The van der Waals surface area contributed by atoms with Crippen LogP contribution in [0.25, 0.3) is 0 Å². The molecule has 0 unspecified atom stereocenters. The summed E-state index contributed by atoms with van der Waals surface area (Å²) in [6.45, 7) is 2.81. The highest BCUT2D eigenvalue weighted by atomic mass is 16.5. The number of piperidine rings is 1. The van der Waals surface area contributed by atoms with Crippen LogP contribution in [-0.4, -0.2) is 34.6 Å². The van der Waals surface area contributed by atoms with Crippen molar-refractivity contribution in [2.24, 2.45) is 5.92 Å². The van der Waals surface area contributed by atoms with Crippen LogP contribution in [0.15, 0.2) is 43.1 Å². The zero-order valence-electron chi connectivity index (χ0n) is 11.4. The van der Waals surface area contributed by atoms with Gasteiger partial charge in [0.1, 0.15) is 11.6 Å². The highest BCUT2D eigenvalue weighted by molar-refractivity contribution is 5.35. The second-order valence-electron chi connectivity index (χ2n) is 4.99. The third-order valence-electron chi connectivity index (χ3n) is 3.62. The quantitative estimate of drug-likeness (QED) is 0.852. The third-order valence-corrected chi connectivity index (χ3v) is 3.62. The Morgan fingerprint density at radius 2 is 1.85 bits per heavy atom. The minimum absolute atomic E-state index is 0.607. The summed E-state index contributed by atoms with van der Waals surface area (Å²) in [5, 5.41) is 0. The van der Waals surface area contributed by atoms with Gasteiger partial charge in [0.05, 0.1) is 12.8 Å². The van der Waals surface area contributed by atoms with Gasteiger partial charge >= 0.3 is 0 Å². The van der Waals surface area contributed by atoms with Gasteiger partial charge < -0.3 is 9.64 Å². The zero-order chi connectivity index (χ0) is 13.6. The van der Waals surface area contributed by atoms with Gasteiger partial charge in [0.25, 0.3) is 0 Å². The van der Waals surface area contributed by atoms with Crippen LogP contribution in [0.1, 0.15) is 12.8 Å². The summed E-state index contributed by atoms with van der Waals surface area (Å²) in [5.74, 6) is 2.48. The second-order valence-corrected chi connectivity index (χ2v) is 4.99. The molecule has 20 heavy (non-hydrogen) atoms. The molecule has 1 aliphatic rings. The fourth-order valence-electron chi connectivity index (χ4n) is 2.43. The van der Waals surface area contributed by atoms with E-state index in [2.05, 4.69) is 19.9 Å². The largest absolute Gasteiger partial charge is 0.493 e. The van der Waals surface area contributed by atoms with Crippen LogP contribution >= 0.6 is 0 Å². The van der Waals surface area contributed by atoms with Crippen LogP contribution < -0.4 is 9.64 Å². The van der Waals surface area contributed by atoms with Crippen LogP contribution in [0, 0.1) is 5.92 Å². The highest BCUT2D eigenvalue weighted by Gasteiger charge is 2.20. The van der Waals surface area contributed by atoms with Gasteiger partial charge in [-0.15, -0.1) is 0 Å². The van der Waals surface area contributed by atoms with E-state index in [1.165, 1.54) is 0 Å². The minimum Gasteiger partial charge on any atom is -0.493 e. The highest BCUT2D eigenvalue weighted by Crippen LogP contribution is 2.22. The van der Waals surface area contributed by atoms with Crippen molar-refractivity contribution in [1.29, 1.82) is 0 Å². The smallest absolute Gasteiger partial charge is 0.147 e. The van der Waals surface area contributed by atoms with E-state index in [1.807, 2.05) is 18.3 Å². The van der Waals surface area contributed by atoms with Gasteiger partial charge in [-0.2, -0.15) is 0 Å². The summed E-state index contributed by atoms with van der Waals surface area (Å²) >= 11 is 0. The Kier molecular flexibility index (Phi) is 4.06. The molecule has 0 atom stereocenters. The van der Waals surface area contributed by atoms with E-state index in [4.69, 9.17) is 4.74 Å². The van der Waals surface area contributed by atoms with Crippen LogP contribution in [0.4, 0.5) is 5.82 Å². The summed E-state index contributed by atoms with van der Waals surface area (Å²) in [7, 11) is 0. The maximum atomic E-state index is 5.80. The summed E-state index contributed by atoms with van der Waals surface area (Å²) in [6.07, 6.45) is 11.0. The van der Waals surface area contributed by atoms with Gasteiger partial charge in [-0.3, -0.25) is 9.97 Å². The monoisotopic (exact) mass is 270 g/mol. The molecule has 0 amide bonds. The predicted octanol–water partition coefficient (Wildman–Crippen LogP) is 2.17. The Labute approximate surface area is 118 Å². The number of hydrogen-bond donors (Lipinski definition) is 0. The standard InChI is InChI=1S/C15H18N4O/c1-5-16-6-2-14(1)20-12-13-3-9-19(10-4-13)15-11-17-7-8-18-15/h1-2,5-8,11,13H,3-4,9-10,12H2. The van der Waals surface area contributed by atoms with Crippen LogP contribution in [0.5, 0.6) is 5.75 Å². The molecule has 0 bridgehead atoms. The van der Waals surface area contributed by atoms with Gasteiger partial charge in [0.2, 0.25) is 0 Å². The van der Waals surface area contributed by atoms with E-state index in [-0.39, 0.29) is 0 Å². The Morgan fingerprint density at radius 1 is 1.05 bits per heavy atom. The topological polar surface area (TPSA) is 51.1 Å². The number of nitrogens with zero attached hydrogens (tertiary/aromatic N) is 4. The first-order chi connectivity index (χ1) is 9.92. The Bertz CT molecular complexity index is 512. The van der Waals surface area contributed by atoms with E-state index in [0.29, 0.717) is 5.92 Å². The van der Waals surface area contributed by atoms with E-state index < -0.39 is 0 Å². The van der Waals surface area contributed by atoms with Crippen molar-refractivity contribution in [3.05, 3.63) is 43.1 Å². The van der Waals surface area contributed by atoms with Gasteiger partial charge in [0, 0.05) is 37.9 Å². The first-order valence-corrected chi connectivity index (χ1v) is 6.95. The van der Waals surface area contributed by atoms with E-state index >= 15 is 0 Å². The lowest BCUT2D eigenvalue weighted by Gasteiger charge is -2.32. The molecule has 1 fully saturated rings. The fraction of sp³-hybridized carbons (Fsp3) is 0.400. The third kappa shape index (κ3) is 3.23.